The molecule has 2 aromatic rings. The van der Waals surface area contributed by atoms with E-state index in [1.807, 2.05) is 19.9 Å². The maximum absolute atomic E-state index is 12.8. The molecule has 3 rings (SSSR count). The Bertz CT molecular complexity index is 994. The third kappa shape index (κ3) is 4.28. The molecule has 3 N–H and O–H groups in total. The highest BCUT2D eigenvalue weighted by atomic mass is 16.3. The molecule has 2 unspecified atom stereocenters. The van der Waals surface area contributed by atoms with Crippen molar-refractivity contribution in [1.29, 1.82) is 5.26 Å². The third-order valence-corrected chi connectivity index (χ3v) is 5.58. The number of benzene rings is 1. The summed E-state index contributed by atoms with van der Waals surface area (Å²) in [5.41, 5.74) is 2.28. The lowest BCUT2D eigenvalue weighted by Crippen LogP contribution is -2.30. The molecule has 0 bridgehead atoms. The van der Waals surface area contributed by atoms with Crippen molar-refractivity contribution in [2.45, 2.75) is 26.3 Å². The zero-order chi connectivity index (χ0) is 21.2. The second kappa shape index (κ2) is 8.02. The van der Waals surface area contributed by atoms with Crippen LogP contribution >= 0.6 is 0 Å². The van der Waals surface area contributed by atoms with Crippen molar-refractivity contribution in [3.05, 3.63) is 64.5 Å². The van der Waals surface area contributed by atoms with Gasteiger partial charge in [0, 0.05) is 43.3 Å². The molecule has 0 aliphatic heterocycles. The Labute approximate surface area is 169 Å². The van der Waals surface area contributed by atoms with E-state index in [0.717, 1.165) is 5.56 Å². The molecule has 150 valence electrons. The normalized spacial score (nSPS) is 19.1. The predicted octanol–water partition coefficient (Wildman–Crippen LogP) is 1.65. The highest BCUT2D eigenvalue weighted by molar-refractivity contribution is 5.99. The Morgan fingerprint density at radius 2 is 2.00 bits per heavy atom. The minimum Gasteiger partial charge on any atom is -0.396 e. The summed E-state index contributed by atoms with van der Waals surface area (Å²) in [5.74, 6) is -0.676. The summed E-state index contributed by atoms with van der Waals surface area (Å²) in [5, 5.41) is 24.0. The van der Waals surface area contributed by atoms with E-state index >= 15 is 0 Å². The second-order valence-corrected chi connectivity index (χ2v) is 7.86. The fourth-order valence-electron chi connectivity index (χ4n) is 3.61. The van der Waals surface area contributed by atoms with Gasteiger partial charge >= 0.3 is 0 Å². The van der Waals surface area contributed by atoms with Crippen LogP contribution in [-0.4, -0.2) is 41.6 Å². The number of nitrogens with zero attached hydrogens (tertiary/aromatic N) is 2. The van der Waals surface area contributed by atoms with E-state index < -0.39 is 0 Å². The molecule has 1 aliphatic rings. The predicted molar refractivity (Wildman–Crippen MR) is 107 cm³/mol. The first-order valence-electron chi connectivity index (χ1n) is 9.44. The van der Waals surface area contributed by atoms with Gasteiger partial charge in [0.1, 0.15) is 5.69 Å². The summed E-state index contributed by atoms with van der Waals surface area (Å²) < 4.78 is 0. The number of rotatable bonds is 6. The molecule has 1 aromatic carbocycles. The Kier molecular flexibility index (Phi) is 5.66. The number of aromatic nitrogens is 1. The lowest BCUT2D eigenvalue weighted by atomic mass is 10.0. The van der Waals surface area contributed by atoms with Crippen molar-refractivity contribution >= 4 is 11.8 Å². The van der Waals surface area contributed by atoms with Gasteiger partial charge in [0.15, 0.2) is 0 Å². The highest BCUT2D eigenvalue weighted by Crippen LogP contribution is 2.51. The Morgan fingerprint density at radius 3 is 2.62 bits per heavy atom. The zero-order valence-electron chi connectivity index (χ0n) is 16.7. The van der Waals surface area contributed by atoms with Gasteiger partial charge in [0.05, 0.1) is 11.6 Å². The summed E-state index contributed by atoms with van der Waals surface area (Å²) in [4.78, 5) is 29.3. The molecule has 0 spiro atoms. The largest absolute Gasteiger partial charge is 0.396 e. The molecule has 1 heterocycles. The van der Waals surface area contributed by atoms with Gasteiger partial charge in [0.25, 0.3) is 11.8 Å². The maximum atomic E-state index is 12.8. The molecule has 1 aliphatic carbocycles. The van der Waals surface area contributed by atoms with Gasteiger partial charge in [-0.15, -0.1) is 0 Å². The van der Waals surface area contributed by atoms with Crippen molar-refractivity contribution in [2.75, 3.05) is 13.7 Å². The van der Waals surface area contributed by atoms with Gasteiger partial charge in [0.2, 0.25) is 0 Å². The van der Waals surface area contributed by atoms with E-state index in [1.54, 1.807) is 24.3 Å². The van der Waals surface area contributed by atoms with Crippen molar-refractivity contribution in [1.82, 2.24) is 15.6 Å². The molecule has 7 nitrogen and oxygen atoms in total. The minimum absolute atomic E-state index is 0.0122. The van der Waals surface area contributed by atoms with Crippen LogP contribution in [0.1, 0.15) is 51.5 Å². The number of amides is 2. The molecule has 7 heteroatoms. The SMILES string of the molecule is CNC(=O)c1cc(C(=O)NC2C(CO)C2(C)C)cc(Cc2cccc(C#N)c2)n1. The van der Waals surface area contributed by atoms with Crippen LogP contribution in [0.25, 0.3) is 0 Å². The van der Waals surface area contributed by atoms with Crippen LogP contribution in [0.2, 0.25) is 0 Å². The fourth-order valence-corrected chi connectivity index (χ4v) is 3.61. The monoisotopic (exact) mass is 392 g/mol. The number of nitriles is 1. The van der Waals surface area contributed by atoms with Crippen LogP contribution in [0.15, 0.2) is 36.4 Å². The van der Waals surface area contributed by atoms with Crippen molar-refractivity contribution in [3.63, 3.8) is 0 Å². The first-order valence-corrected chi connectivity index (χ1v) is 9.44. The average molecular weight is 392 g/mol. The van der Waals surface area contributed by atoms with Crippen molar-refractivity contribution in [3.8, 4) is 6.07 Å². The molecule has 0 saturated heterocycles. The summed E-state index contributed by atoms with van der Waals surface area (Å²) in [7, 11) is 1.51. The quantitative estimate of drug-likeness (QED) is 0.691. The number of hydrogen-bond donors (Lipinski definition) is 3. The first-order chi connectivity index (χ1) is 13.8. The average Bonchev–Trinajstić information content (AvgIpc) is 3.25. The minimum atomic E-state index is -0.383. The summed E-state index contributed by atoms with van der Waals surface area (Å²) in [6.07, 6.45) is 0.384. The van der Waals surface area contributed by atoms with Gasteiger partial charge in [-0.25, -0.2) is 4.98 Å². The number of nitrogens with one attached hydrogen (secondary N) is 2. The lowest BCUT2D eigenvalue weighted by molar-refractivity contribution is 0.0944. The highest BCUT2D eigenvalue weighted by Gasteiger charge is 2.58. The molecule has 1 saturated carbocycles. The smallest absolute Gasteiger partial charge is 0.269 e. The van der Waals surface area contributed by atoms with Gasteiger partial charge in [-0.2, -0.15) is 5.26 Å². The van der Waals surface area contributed by atoms with Gasteiger partial charge in [-0.05, 0) is 35.2 Å². The topological polar surface area (TPSA) is 115 Å². The van der Waals surface area contributed by atoms with E-state index in [2.05, 4.69) is 21.7 Å². The molecular formula is C22H24N4O3. The van der Waals surface area contributed by atoms with Crippen molar-refractivity contribution in [2.24, 2.45) is 11.3 Å². The molecular weight excluding hydrogens is 368 g/mol. The number of pyridine rings is 1. The zero-order valence-corrected chi connectivity index (χ0v) is 16.7. The van der Waals surface area contributed by atoms with Crippen LogP contribution < -0.4 is 10.6 Å². The number of hydrogen-bond acceptors (Lipinski definition) is 5. The number of aliphatic hydroxyl groups is 1. The second-order valence-electron chi connectivity index (χ2n) is 7.86. The van der Waals surface area contributed by atoms with Crippen LogP contribution in [0.4, 0.5) is 0 Å². The van der Waals surface area contributed by atoms with E-state index in [-0.39, 0.29) is 41.5 Å². The maximum Gasteiger partial charge on any atom is 0.269 e. The molecule has 0 radical (unpaired) electrons. The number of carbonyl (C=O) groups excluding carboxylic acids is 2. The molecule has 2 amide bonds. The van der Waals surface area contributed by atoms with E-state index in [4.69, 9.17) is 5.26 Å². The Hall–Kier alpha value is -3.24. The van der Waals surface area contributed by atoms with E-state index in [1.165, 1.54) is 13.1 Å². The van der Waals surface area contributed by atoms with Crippen LogP contribution in [0.5, 0.6) is 0 Å². The van der Waals surface area contributed by atoms with E-state index in [0.29, 0.717) is 23.2 Å². The molecule has 29 heavy (non-hydrogen) atoms. The van der Waals surface area contributed by atoms with Crippen LogP contribution in [-0.2, 0) is 6.42 Å². The standard InChI is InChI=1S/C22H24N4O3/c1-22(2)17(12-27)19(22)26-20(28)15-9-16(25-18(10-15)21(29)24-3)8-13-5-4-6-14(7-13)11-23/h4-7,9-10,17,19,27H,8,12H2,1-3H3,(H,24,29)(H,26,28). The van der Waals surface area contributed by atoms with Crippen LogP contribution in [0.3, 0.4) is 0 Å². The van der Waals surface area contributed by atoms with Crippen molar-refractivity contribution < 1.29 is 14.7 Å². The van der Waals surface area contributed by atoms with E-state index in [9.17, 15) is 14.7 Å². The summed E-state index contributed by atoms with van der Waals surface area (Å²) in [6.45, 7) is 4.00. The summed E-state index contributed by atoms with van der Waals surface area (Å²) in [6, 6.07) is 12.2. The van der Waals surface area contributed by atoms with Gasteiger partial charge in [-0.1, -0.05) is 26.0 Å². The molecule has 1 fully saturated rings. The lowest BCUT2D eigenvalue weighted by Gasteiger charge is -2.10. The number of carbonyl (C=O) groups is 2. The van der Waals surface area contributed by atoms with Crippen LogP contribution in [0, 0.1) is 22.7 Å². The Morgan fingerprint density at radius 1 is 1.24 bits per heavy atom. The fraction of sp³-hybridized carbons (Fsp3) is 0.364. The number of aliphatic hydroxyl groups excluding tert-OH is 1. The molecule has 1 aromatic heterocycles. The van der Waals surface area contributed by atoms with Gasteiger partial charge < -0.3 is 15.7 Å². The molecule has 2 atom stereocenters. The first kappa shape index (κ1) is 20.5. The Balaban J connectivity index is 1.88. The third-order valence-electron chi connectivity index (χ3n) is 5.58. The van der Waals surface area contributed by atoms with Gasteiger partial charge in [-0.3, -0.25) is 9.59 Å². The summed E-state index contributed by atoms with van der Waals surface area (Å²) >= 11 is 0.